The maximum absolute atomic E-state index is 12.7. The summed E-state index contributed by atoms with van der Waals surface area (Å²) in [5, 5.41) is 0. The van der Waals surface area contributed by atoms with Crippen LogP contribution >= 0.6 is 0 Å². The zero-order chi connectivity index (χ0) is 13.9. The topological polar surface area (TPSA) is 64.8 Å². The van der Waals surface area contributed by atoms with Gasteiger partial charge in [-0.25, -0.2) is 0 Å². The fourth-order valence-electron chi connectivity index (χ4n) is 2.86. The van der Waals surface area contributed by atoms with E-state index in [2.05, 4.69) is 0 Å². The zero-order valence-corrected chi connectivity index (χ0v) is 11.5. The number of carbonyl (C=O) groups excluding carboxylic acids is 1. The van der Waals surface area contributed by atoms with Crippen LogP contribution in [0.1, 0.15) is 5.56 Å². The first-order chi connectivity index (χ1) is 9.79. The van der Waals surface area contributed by atoms with Gasteiger partial charge in [-0.1, -0.05) is 18.2 Å². The summed E-state index contributed by atoms with van der Waals surface area (Å²) in [5.41, 5.74) is 6.84. The van der Waals surface area contributed by atoms with Crippen LogP contribution in [0.15, 0.2) is 24.3 Å². The molecule has 0 aromatic heterocycles. The minimum atomic E-state index is -0.114. The molecule has 20 heavy (non-hydrogen) atoms. The number of para-hydroxylation sites is 1. The number of rotatable bonds is 2. The molecule has 0 spiro atoms. The number of benzene rings is 1. The minimum absolute atomic E-state index is 0.00609. The third-order valence-electron chi connectivity index (χ3n) is 4.01. The molecule has 1 aromatic carbocycles. The van der Waals surface area contributed by atoms with Crippen molar-refractivity contribution in [3.8, 4) is 5.75 Å². The third-order valence-corrected chi connectivity index (χ3v) is 4.01. The van der Waals surface area contributed by atoms with Gasteiger partial charge in [-0.2, -0.15) is 0 Å². The largest absolute Gasteiger partial charge is 0.492 e. The van der Waals surface area contributed by atoms with Gasteiger partial charge in [0.05, 0.1) is 25.2 Å². The lowest BCUT2D eigenvalue weighted by Crippen LogP contribution is -2.54. The lowest BCUT2D eigenvalue weighted by Gasteiger charge is -2.38. The molecule has 0 radical (unpaired) electrons. The van der Waals surface area contributed by atoms with Crippen molar-refractivity contribution in [1.82, 2.24) is 4.90 Å². The van der Waals surface area contributed by atoms with Crippen LogP contribution in [0, 0.1) is 5.92 Å². The van der Waals surface area contributed by atoms with E-state index in [1.54, 1.807) is 0 Å². The summed E-state index contributed by atoms with van der Waals surface area (Å²) in [6.45, 7) is 2.64. The van der Waals surface area contributed by atoms with E-state index in [0.29, 0.717) is 32.9 Å². The minimum Gasteiger partial charge on any atom is -0.492 e. The van der Waals surface area contributed by atoms with Crippen LogP contribution < -0.4 is 10.5 Å². The third kappa shape index (κ3) is 2.51. The van der Waals surface area contributed by atoms with E-state index < -0.39 is 0 Å². The van der Waals surface area contributed by atoms with E-state index >= 15 is 0 Å². The van der Waals surface area contributed by atoms with E-state index in [9.17, 15) is 4.79 Å². The van der Waals surface area contributed by atoms with E-state index in [0.717, 1.165) is 17.7 Å². The van der Waals surface area contributed by atoms with Crippen molar-refractivity contribution in [2.24, 2.45) is 11.7 Å². The summed E-state index contributed by atoms with van der Waals surface area (Å²) in [6, 6.07) is 7.90. The average Bonchev–Trinajstić information content (AvgIpc) is 2.53. The fraction of sp³-hybridized carbons (Fsp3) is 0.533. The quantitative estimate of drug-likeness (QED) is 0.850. The molecule has 1 saturated heterocycles. The highest BCUT2D eigenvalue weighted by Crippen LogP contribution is 2.28. The van der Waals surface area contributed by atoms with E-state index in [1.807, 2.05) is 29.2 Å². The number of morpholine rings is 1. The Balaban J connectivity index is 1.72. The summed E-state index contributed by atoms with van der Waals surface area (Å²) in [7, 11) is 0. The number of hydrogen-bond acceptors (Lipinski definition) is 4. The normalized spacial score (nSPS) is 25.8. The molecule has 2 aliphatic heterocycles. The van der Waals surface area contributed by atoms with Crippen LogP contribution in [0.2, 0.25) is 0 Å². The Morgan fingerprint density at radius 2 is 2.20 bits per heavy atom. The Morgan fingerprint density at radius 3 is 3.05 bits per heavy atom. The Morgan fingerprint density at radius 1 is 1.35 bits per heavy atom. The number of carbonyl (C=O) groups is 1. The molecule has 2 N–H and O–H groups in total. The average molecular weight is 276 g/mol. The molecule has 0 aliphatic carbocycles. The summed E-state index contributed by atoms with van der Waals surface area (Å²) in [5.74, 6) is 0.921. The molecule has 3 rings (SSSR count). The summed E-state index contributed by atoms with van der Waals surface area (Å²) in [6.07, 6.45) is 0.740. The first-order valence-corrected chi connectivity index (χ1v) is 7.08. The lowest BCUT2D eigenvalue weighted by atomic mass is 9.95. The van der Waals surface area contributed by atoms with Crippen molar-refractivity contribution in [3.63, 3.8) is 0 Å². The van der Waals surface area contributed by atoms with Crippen molar-refractivity contribution < 1.29 is 14.3 Å². The first-order valence-electron chi connectivity index (χ1n) is 7.08. The molecule has 5 heteroatoms. The molecular formula is C15H20N2O3. The molecule has 108 valence electrons. The van der Waals surface area contributed by atoms with Crippen LogP contribution in [0.5, 0.6) is 5.75 Å². The summed E-state index contributed by atoms with van der Waals surface area (Å²) in [4.78, 5) is 14.5. The van der Waals surface area contributed by atoms with Gasteiger partial charge >= 0.3 is 0 Å². The number of fused-ring (bicyclic) bond motifs is 1. The fourth-order valence-corrected chi connectivity index (χ4v) is 2.86. The predicted octanol–water partition coefficient (Wildman–Crippen LogP) is 0.424. The molecule has 1 amide bonds. The molecule has 2 unspecified atom stereocenters. The molecule has 2 heterocycles. The van der Waals surface area contributed by atoms with Crippen LogP contribution in [0.4, 0.5) is 0 Å². The number of nitrogens with two attached hydrogens (primary N) is 1. The van der Waals surface area contributed by atoms with Crippen LogP contribution in [-0.4, -0.2) is 49.8 Å². The zero-order valence-electron chi connectivity index (χ0n) is 11.5. The highest BCUT2D eigenvalue weighted by Gasteiger charge is 2.33. The van der Waals surface area contributed by atoms with Crippen LogP contribution in [0.3, 0.4) is 0 Å². The van der Waals surface area contributed by atoms with Gasteiger partial charge in [0.1, 0.15) is 12.4 Å². The molecule has 0 saturated carbocycles. The second-order valence-corrected chi connectivity index (χ2v) is 5.32. The Labute approximate surface area is 118 Å². The maximum atomic E-state index is 12.7. The van der Waals surface area contributed by atoms with Gasteiger partial charge in [-0.05, 0) is 18.1 Å². The number of ether oxygens (including phenoxy) is 2. The smallest absolute Gasteiger partial charge is 0.229 e. The molecule has 0 bridgehead atoms. The molecular weight excluding hydrogens is 256 g/mol. The van der Waals surface area contributed by atoms with Crippen molar-refractivity contribution in [1.29, 1.82) is 0 Å². The van der Waals surface area contributed by atoms with Crippen molar-refractivity contribution in [2.75, 3.05) is 32.9 Å². The molecule has 5 nitrogen and oxygen atoms in total. The van der Waals surface area contributed by atoms with E-state index in [-0.39, 0.29) is 17.9 Å². The van der Waals surface area contributed by atoms with Gasteiger partial charge in [0.2, 0.25) is 5.91 Å². The summed E-state index contributed by atoms with van der Waals surface area (Å²) < 4.78 is 11.1. The highest BCUT2D eigenvalue weighted by atomic mass is 16.5. The number of hydrogen-bond donors (Lipinski definition) is 1. The Hall–Kier alpha value is -1.59. The number of amides is 1. The molecule has 1 fully saturated rings. The highest BCUT2D eigenvalue weighted by molar-refractivity contribution is 5.80. The van der Waals surface area contributed by atoms with Crippen molar-refractivity contribution in [3.05, 3.63) is 29.8 Å². The second kappa shape index (κ2) is 5.81. The second-order valence-electron chi connectivity index (χ2n) is 5.32. The van der Waals surface area contributed by atoms with Crippen molar-refractivity contribution >= 4 is 5.91 Å². The van der Waals surface area contributed by atoms with Gasteiger partial charge in [0.15, 0.2) is 0 Å². The molecule has 1 aromatic rings. The van der Waals surface area contributed by atoms with E-state index in [4.69, 9.17) is 15.2 Å². The Bertz CT molecular complexity index is 492. The maximum Gasteiger partial charge on any atom is 0.229 e. The monoisotopic (exact) mass is 276 g/mol. The molecule has 2 atom stereocenters. The van der Waals surface area contributed by atoms with Crippen LogP contribution in [0.25, 0.3) is 0 Å². The van der Waals surface area contributed by atoms with Gasteiger partial charge in [-0.3, -0.25) is 4.79 Å². The van der Waals surface area contributed by atoms with Gasteiger partial charge in [-0.15, -0.1) is 0 Å². The SMILES string of the molecule is NCC1COCCN1C(=O)C1COc2ccccc2C1. The van der Waals surface area contributed by atoms with Gasteiger partial charge in [0.25, 0.3) is 0 Å². The standard InChI is InChI=1S/C15H20N2O3/c16-8-13-10-19-6-5-17(13)15(18)12-7-11-3-1-2-4-14(11)20-9-12/h1-4,12-13H,5-10,16H2. The predicted molar refractivity (Wildman–Crippen MR) is 74.5 cm³/mol. The summed E-state index contributed by atoms with van der Waals surface area (Å²) >= 11 is 0. The van der Waals surface area contributed by atoms with Crippen LogP contribution in [-0.2, 0) is 16.0 Å². The van der Waals surface area contributed by atoms with Gasteiger partial charge < -0.3 is 20.1 Å². The Kier molecular flexibility index (Phi) is 3.89. The lowest BCUT2D eigenvalue weighted by molar-refractivity contribution is -0.145. The number of nitrogens with zero attached hydrogens (tertiary/aromatic N) is 1. The first kappa shape index (κ1) is 13.4. The van der Waals surface area contributed by atoms with E-state index in [1.165, 1.54) is 0 Å². The molecule has 2 aliphatic rings. The van der Waals surface area contributed by atoms with Gasteiger partial charge in [0, 0.05) is 13.1 Å². The van der Waals surface area contributed by atoms with Crippen molar-refractivity contribution in [2.45, 2.75) is 12.5 Å².